The molecule has 15 nitrogen and oxygen atoms in total. The Bertz CT molecular complexity index is 2500. The van der Waals surface area contributed by atoms with Crippen molar-refractivity contribution < 1.29 is 53.0 Å². The van der Waals surface area contributed by atoms with Crippen LogP contribution in [0.15, 0.2) is 60.7 Å². The van der Waals surface area contributed by atoms with Crippen LogP contribution in [-0.4, -0.2) is 103 Å². The lowest BCUT2D eigenvalue weighted by Gasteiger charge is -2.40. The molecule has 0 saturated carbocycles. The van der Waals surface area contributed by atoms with Gasteiger partial charge in [0.05, 0.1) is 33.9 Å². The smallest absolute Gasteiger partial charge is 0.410 e. The van der Waals surface area contributed by atoms with Gasteiger partial charge in [-0.05, 0) is 71.0 Å². The highest BCUT2D eigenvalue weighted by atomic mass is 16.7. The van der Waals surface area contributed by atoms with Crippen molar-refractivity contribution >= 4 is 12.1 Å². The molecule has 4 atom stereocenters. The Morgan fingerprint density at radius 3 is 2.19 bits per heavy atom. The summed E-state index contributed by atoms with van der Waals surface area (Å²) in [4.78, 5) is 31.7. The number of H-pyrrole nitrogens is 1. The van der Waals surface area contributed by atoms with Gasteiger partial charge in [-0.2, -0.15) is 5.10 Å². The van der Waals surface area contributed by atoms with Crippen LogP contribution < -0.4 is 23.7 Å². The number of rotatable bonds is 10. The molecule has 5 aromatic rings. The molecule has 3 N–H and O–H groups in total. The van der Waals surface area contributed by atoms with Crippen LogP contribution >= 0.6 is 0 Å². The number of aromatic hydroxyl groups is 2. The highest BCUT2D eigenvalue weighted by Crippen LogP contribution is 2.57. The summed E-state index contributed by atoms with van der Waals surface area (Å²) >= 11 is 0. The molecule has 0 radical (unpaired) electrons. The maximum absolute atomic E-state index is 14.1. The van der Waals surface area contributed by atoms with E-state index in [-0.39, 0.29) is 36.8 Å². The number of ether oxygens (including phenoxy) is 7. The molecule has 4 aromatic carbocycles. The standard InChI is InChI=1S/C47H50N4O11/c1-24(2)29-17-32(35(53)20-34(29)52)43-40(25(3)48-49-43)27-9-7-26(8-10-27)21-50-11-13-51(14-12-50)47(55)62-44-31-19-37-36(60-23-61-37)18-30(31)41(42-33(44)22-59-46(42)54)28-15-38(56-4)45(58-6)39(16-28)57-5/h7-10,15-20,24,33,41-42,44,52-53H,11-14,21-23H2,1-6H3,(H,48,49)/t33-,41+,42-,44+/m0/s1. The van der Waals surface area contributed by atoms with Crippen LogP contribution in [0.1, 0.15) is 65.3 Å². The molecular formula is C47H50N4O11. The zero-order chi connectivity index (χ0) is 43.4. The number of amides is 1. The number of aromatic nitrogens is 2. The first kappa shape index (κ1) is 40.8. The van der Waals surface area contributed by atoms with Crippen molar-refractivity contribution in [3.8, 4) is 62.6 Å². The lowest BCUT2D eigenvalue weighted by Crippen LogP contribution is -2.49. The van der Waals surface area contributed by atoms with Gasteiger partial charge in [0.1, 0.15) is 23.3 Å². The number of hydrogen-bond acceptors (Lipinski definition) is 13. The average molecular weight is 847 g/mol. The average Bonchev–Trinajstić information content (AvgIpc) is 4.01. The molecule has 0 bridgehead atoms. The number of phenolic OH excluding ortho intramolecular Hbond substituents is 2. The predicted octanol–water partition coefficient (Wildman–Crippen LogP) is 7.27. The van der Waals surface area contributed by atoms with E-state index in [0.29, 0.717) is 72.7 Å². The molecule has 9 rings (SSSR count). The summed E-state index contributed by atoms with van der Waals surface area (Å²) in [7, 11) is 4.63. The van der Waals surface area contributed by atoms with Gasteiger partial charge < -0.3 is 48.3 Å². The first-order valence-electron chi connectivity index (χ1n) is 20.8. The third-order valence-electron chi connectivity index (χ3n) is 12.6. The zero-order valence-corrected chi connectivity index (χ0v) is 35.5. The number of aromatic amines is 1. The Kier molecular flexibility index (Phi) is 10.8. The Morgan fingerprint density at radius 1 is 0.871 bits per heavy atom. The minimum Gasteiger partial charge on any atom is -0.508 e. The summed E-state index contributed by atoms with van der Waals surface area (Å²) in [6, 6.07) is 18.9. The number of cyclic esters (lactones) is 1. The van der Waals surface area contributed by atoms with E-state index in [9.17, 15) is 19.8 Å². The molecule has 1 aliphatic carbocycles. The zero-order valence-electron chi connectivity index (χ0n) is 35.5. The summed E-state index contributed by atoms with van der Waals surface area (Å²) < 4.78 is 40.7. The molecule has 324 valence electrons. The van der Waals surface area contributed by atoms with E-state index in [4.69, 9.17) is 33.2 Å². The topological polar surface area (TPSA) is 174 Å². The fourth-order valence-corrected chi connectivity index (χ4v) is 9.47. The van der Waals surface area contributed by atoms with Crippen LogP contribution in [0.2, 0.25) is 0 Å². The van der Waals surface area contributed by atoms with Crippen LogP contribution in [-0.2, 0) is 20.8 Å². The summed E-state index contributed by atoms with van der Waals surface area (Å²) in [5, 5.41) is 28.9. The van der Waals surface area contributed by atoms with E-state index in [2.05, 4.69) is 39.4 Å². The molecule has 0 spiro atoms. The van der Waals surface area contributed by atoms with Crippen LogP contribution in [0.25, 0.3) is 22.4 Å². The highest BCUT2D eigenvalue weighted by molar-refractivity contribution is 5.86. The van der Waals surface area contributed by atoms with Gasteiger partial charge in [-0.1, -0.05) is 38.1 Å². The monoisotopic (exact) mass is 846 g/mol. The number of fused-ring (bicyclic) bond motifs is 3. The minimum absolute atomic E-state index is 0.0383. The number of benzene rings is 4. The van der Waals surface area contributed by atoms with E-state index in [1.807, 2.05) is 45.0 Å². The fourth-order valence-electron chi connectivity index (χ4n) is 9.47. The number of methoxy groups -OCH3 is 3. The lowest BCUT2D eigenvalue weighted by atomic mass is 9.66. The number of phenols is 2. The van der Waals surface area contributed by atoms with E-state index >= 15 is 0 Å². The number of esters is 1. The molecule has 1 amide bonds. The Morgan fingerprint density at radius 2 is 1.55 bits per heavy atom. The van der Waals surface area contributed by atoms with Gasteiger partial charge in [0.2, 0.25) is 12.5 Å². The van der Waals surface area contributed by atoms with Crippen molar-refractivity contribution in [1.29, 1.82) is 0 Å². The summed E-state index contributed by atoms with van der Waals surface area (Å²) in [5.74, 6) is 0.453. The highest BCUT2D eigenvalue weighted by Gasteiger charge is 2.54. The Labute approximate surface area is 359 Å². The molecule has 4 aliphatic rings. The van der Waals surface area contributed by atoms with Crippen molar-refractivity contribution in [2.75, 3.05) is 60.9 Å². The summed E-state index contributed by atoms with van der Waals surface area (Å²) in [6.45, 7) is 8.94. The van der Waals surface area contributed by atoms with Crippen molar-refractivity contribution in [2.24, 2.45) is 11.8 Å². The number of piperazine rings is 1. The Hall–Kier alpha value is -6.61. The number of nitrogens with zero attached hydrogens (tertiary/aromatic N) is 3. The van der Waals surface area contributed by atoms with E-state index in [0.717, 1.165) is 44.6 Å². The molecule has 4 heterocycles. The van der Waals surface area contributed by atoms with Gasteiger partial charge >= 0.3 is 12.1 Å². The van der Waals surface area contributed by atoms with Crippen LogP contribution in [0.5, 0.6) is 40.2 Å². The summed E-state index contributed by atoms with van der Waals surface area (Å²) in [6.07, 6.45) is -1.24. The first-order valence-corrected chi connectivity index (χ1v) is 20.8. The van der Waals surface area contributed by atoms with Gasteiger partial charge in [0.25, 0.3) is 0 Å². The van der Waals surface area contributed by atoms with Gasteiger partial charge in [-0.25, -0.2) is 4.79 Å². The van der Waals surface area contributed by atoms with Crippen molar-refractivity contribution in [2.45, 2.75) is 45.3 Å². The molecule has 62 heavy (non-hydrogen) atoms. The largest absolute Gasteiger partial charge is 0.508 e. The van der Waals surface area contributed by atoms with Crippen LogP contribution in [0.4, 0.5) is 4.79 Å². The molecule has 1 aromatic heterocycles. The third kappa shape index (κ3) is 7.13. The van der Waals surface area contributed by atoms with Gasteiger partial charge in [-0.3, -0.25) is 14.8 Å². The van der Waals surface area contributed by atoms with Crippen LogP contribution in [0.3, 0.4) is 0 Å². The Balaban J connectivity index is 0.907. The second kappa shape index (κ2) is 16.3. The molecule has 15 heteroatoms. The molecule has 2 saturated heterocycles. The van der Waals surface area contributed by atoms with Crippen molar-refractivity contribution in [3.63, 3.8) is 0 Å². The second-order valence-electron chi connectivity index (χ2n) is 16.5. The van der Waals surface area contributed by atoms with Crippen LogP contribution in [0, 0.1) is 18.8 Å². The fraction of sp³-hybridized carbons (Fsp3) is 0.383. The summed E-state index contributed by atoms with van der Waals surface area (Å²) in [5.41, 5.74) is 7.92. The quantitative estimate of drug-likeness (QED) is 0.120. The van der Waals surface area contributed by atoms with Gasteiger partial charge in [0.15, 0.2) is 23.0 Å². The maximum atomic E-state index is 14.1. The predicted molar refractivity (Wildman–Crippen MR) is 226 cm³/mol. The maximum Gasteiger partial charge on any atom is 0.410 e. The van der Waals surface area contributed by atoms with Crippen molar-refractivity contribution in [1.82, 2.24) is 20.0 Å². The van der Waals surface area contributed by atoms with Gasteiger partial charge in [0, 0.05) is 73.0 Å². The molecule has 2 fully saturated rings. The number of carbonyl (C=O) groups excluding carboxylic acids is 2. The van der Waals surface area contributed by atoms with E-state index < -0.39 is 30.0 Å². The number of hydrogen-bond donors (Lipinski definition) is 3. The second-order valence-corrected chi connectivity index (χ2v) is 16.5. The van der Waals surface area contributed by atoms with Gasteiger partial charge in [-0.15, -0.1) is 0 Å². The normalized spacial score (nSPS) is 20.4. The SMILES string of the molecule is COc1cc([C@@H]2c3cc4c(cc3[C@@H](OC(=O)N3CCN(Cc5ccc(-c6c(-c7cc(C(C)C)c(O)cc7O)n[nH]c6C)cc5)CC3)[C@H]3COC(=O)[C@H]23)OCO4)cc(OC)c1OC. The van der Waals surface area contributed by atoms with E-state index in [1.165, 1.54) is 13.2 Å². The van der Waals surface area contributed by atoms with Crippen molar-refractivity contribution in [3.05, 3.63) is 94.2 Å². The first-order chi connectivity index (χ1) is 30.0. The molecular weight excluding hydrogens is 797 g/mol. The lowest BCUT2D eigenvalue weighted by molar-refractivity contribution is -0.141. The minimum atomic E-state index is -0.784. The number of nitrogens with one attached hydrogen (secondary N) is 1. The molecule has 3 aliphatic heterocycles. The number of aryl methyl sites for hydroxylation is 1. The molecule has 0 unspecified atom stereocenters. The number of carbonyl (C=O) groups is 2. The van der Waals surface area contributed by atoms with E-state index in [1.54, 1.807) is 25.2 Å². The third-order valence-corrected chi connectivity index (χ3v) is 12.6.